The Morgan fingerprint density at radius 2 is 1.61 bits per heavy atom. The van der Waals surface area contributed by atoms with Crippen molar-refractivity contribution >= 4 is 22.3 Å². The van der Waals surface area contributed by atoms with Crippen LogP contribution in [0.15, 0.2) is 48.5 Å². The van der Waals surface area contributed by atoms with E-state index < -0.39 is 0 Å². The van der Waals surface area contributed by atoms with Crippen LogP contribution in [0.2, 0.25) is 0 Å². The van der Waals surface area contributed by atoms with Crippen LogP contribution in [0.25, 0.3) is 33.7 Å². The zero-order valence-corrected chi connectivity index (χ0v) is 12.7. The van der Waals surface area contributed by atoms with Crippen molar-refractivity contribution in [3.05, 3.63) is 54.3 Å². The van der Waals surface area contributed by atoms with Gasteiger partial charge >= 0.3 is 0 Å². The summed E-state index contributed by atoms with van der Waals surface area (Å²) in [6.45, 7) is 2.79. The topological polar surface area (TPSA) is 43.6 Å². The van der Waals surface area contributed by atoms with Gasteiger partial charge in [0.1, 0.15) is 11.6 Å². The predicted octanol–water partition coefficient (Wildman–Crippen LogP) is 4.20. The number of hydrogen-bond donors (Lipinski definition) is 0. The number of fused-ring (bicyclic) bond motifs is 2. The lowest BCUT2D eigenvalue weighted by Gasteiger charge is -2.07. The van der Waals surface area contributed by atoms with Crippen molar-refractivity contribution in [3.63, 3.8) is 0 Å². The van der Waals surface area contributed by atoms with Gasteiger partial charge in [0.15, 0.2) is 11.3 Å². The standard InChI is InChI=1S/C18H15FN4/c1-2-11-23-17(12-7-3-4-8-13(12)19)22-16-18(23)21-15-10-6-5-9-14(15)20-16/h3-10H,2,11H2,1H3. The molecule has 0 aliphatic rings. The van der Waals surface area contributed by atoms with Crippen LogP contribution in [0, 0.1) is 5.82 Å². The van der Waals surface area contributed by atoms with Gasteiger partial charge in [-0.05, 0) is 30.7 Å². The number of halogens is 1. The van der Waals surface area contributed by atoms with E-state index in [0.717, 1.165) is 17.5 Å². The quantitative estimate of drug-likeness (QED) is 0.570. The molecule has 4 rings (SSSR count). The average molecular weight is 306 g/mol. The molecule has 4 nitrogen and oxygen atoms in total. The van der Waals surface area contributed by atoms with E-state index in [9.17, 15) is 4.39 Å². The molecule has 0 spiro atoms. The lowest BCUT2D eigenvalue weighted by Crippen LogP contribution is -2.02. The van der Waals surface area contributed by atoms with Gasteiger partial charge in [0.25, 0.3) is 0 Å². The highest BCUT2D eigenvalue weighted by molar-refractivity contribution is 5.84. The van der Waals surface area contributed by atoms with E-state index in [2.05, 4.69) is 21.9 Å². The molecular weight excluding hydrogens is 291 g/mol. The van der Waals surface area contributed by atoms with Crippen molar-refractivity contribution in [1.29, 1.82) is 0 Å². The van der Waals surface area contributed by atoms with Crippen LogP contribution in [0.3, 0.4) is 0 Å². The van der Waals surface area contributed by atoms with Gasteiger partial charge in [0, 0.05) is 6.54 Å². The summed E-state index contributed by atoms with van der Waals surface area (Å²) in [5.41, 5.74) is 3.34. The first-order valence-electron chi connectivity index (χ1n) is 7.66. The van der Waals surface area contributed by atoms with E-state index in [1.807, 2.05) is 34.9 Å². The molecule has 0 bridgehead atoms. The molecule has 0 unspecified atom stereocenters. The molecule has 0 saturated carbocycles. The molecule has 0 aliphatic heterocycles. The SMILES string of the molecule is CCCn1c(-c2ccccc2F)nc2nc3ccccc3nc21. The summed E-state index contributed by atoms with van der Waals surface area (Å²) in [5, 5.41) is 0. The molecule has 0 radical (unpaired) electrons. The number of aryl methyl sites for hydroxylation is 1. The van der Waals surface area contributed by atoms with Crippen molar-refractivity contribution in [3.8, 4) is 11.4 Å². The number of rotatable bonds is 3. The molecule has 4 aromatic rings. The van der Waals surface area contributed by atoms with Crippen molar-refractivity contribution in [2.75, 3.05) is 0 Å². The minimum Gasteiger partial charge on any atom is -0.307 e. The Kier molecular flexibility index (Phi) is 3.26. The Labute approximate surface area is 132 Å². The Morgan fingerprint density at radius 3 is 2.35 bits per heavy atom. The molecule has 114 valence electrons. The molecule has 2 aromatic heterocycles. The summed E-state index contributed by atoms with van der Waals surface area (Å²) in [5.74, 6) is 0.292. The second kappa shape index (κ2) is 5.43. The first-order chi connectivity index (χ1) is 11.3. The van der Waals surface area contributed by atoms with Gasteiger partial charge in [0.2, 0.25) is 0 Å². The Balaban J connectivity index is 2.05. The van der Waals surface area contributed by atoms with Crippen LogP contribution in [-0.4, -0.2) is 19.5 Å². The highest BCUT2D eigenvalue weighted by atomic mass is 19.1. The molecule has 0 atom stereocenters. The van der Waals surface area contributed by atoms with Crippen LogP contribution < -0.4 is 0 Å². The first kappa shape index (κ1) is 13.8. The highest BCUT2D eigenvalue weighted by Crippen LogP contribution is 2.26. The molecular formula is C18H15FN4. The maximum absolute atomic E-state index is 14.2. The van der Waals surface area contributed by atoms with Crippen LogP contribution in [0.1, 0.15) is 13.3 Å². The van der Waals surface area contributed by atoms with Crippen LogP contribution >= 0.6 is 0 Å². The molecule has 0 fully saturated rings. The van der Waals surface area contributed by atoms with Crippen molar-refractivity contribution in [2.24, 2.45) is 0 Å². The number of para-hydroxylation sites is 2. The summed E-state index contributed by atoms with van der Waals surface area (Å²) in [7, 11) is 0. The predicted molar refractivity (Wildman–Crippen MR) is 88.5 cm³/mol. The molecule has 0 saturated heterocycles. The molecule has 0 N–H and O–H groups in total. The van der Waals surface area contributed by atoms with Crippen molar-refractivity contribution in [2.45, 2.75) is 19.9 Å². The number of aromatic nitrogens is 4. The van der Waals surface area contributed by atoms with Gasteiger partial charge in [-0.15, -0.1) is 0 Å². The minimum atomic E-state index is -0.287. The van der Waals surface area contributed by atoms with Crippen molar-refractivity contribution in [1.82, 2.24) is 19.5 Å². The molecule has 0 aliphatic carbocycles. The number of nitrogens with zero attached hydrogens (tertiary/aromatic N) is 4. The lowest BCUT2D eigenvalue weighted by atomic mass is 10.2. The van der Waals surface area contributed by atoms with Crippen molar-refractivity contribution < 1.29 is 4.39 Å². The summed E-state index contributed by atoms with van der Waals surface area (Å²) in [6, 6.07) is 14.4. The zero-order chi connectivity index (χ0) is 15.8. The third-order valence-electron chi connectivity index (χ3n) is 3.82. The Morgan fingerprint density at radius 1 is 0.913 bits per heavy atom. The normalized spacial score (nSPS) is 11.4. The van der Waals surface area contributed by atoms with E-state index in [1.54, 1.807) is 12.1 Å². The Hall–Kier alpha value is -2.82. The number of imidazole rings is 1. The van der Waals surface area contributed by atoms with E-state index in [-0.39, 0.29) is 5.82 Å². The molecule has 23 heavy (non-hydrogen) atoms. The van der Waals surface area contributed by atoms with E-state index in [4.69, 9.17) is 0 Å². The molecule has 0 amide bonds. The van der Waals surface area contributed by atoms with E-state index in [1.165, 1.54) is 6.07 Å². The van der Waals surface area contributed by atoms with Gasteiger partial charge in [-0.25, -0.2) is 19.3 Å². The summed E-state index contributed by atoms with van der Waals surface area (Å²) in [4.78, 5) is 13.8. The maximum Gasteiger partial charge on any atom is 0.198 e. The largest absolute Gasteiger partial charge is 0.307 e. The fourth-order valence-electron chi connectivity index (χ4n) is 2.78. The molecule has 2 aromatic carbocycles. The fraction of sp³-hybridized carbons (Fsp3) is 0.167. The summed E-state index contributed by atoms with van der Waals surface area (Å²) in [6.07, 6.45) is 0.904. The van der Waals surface area contributed by atoms with Crippen LogP contribution in [0.4, 0.5) is 4.39 Å². The van der Waals surface area contributed by atoms with Gasteiger partial charge in [-0.2, -0.15) is 0 Å². The highest BCUT2D eigenvalue weighted by Gasteiger charge is 2.17. The monoisotopic (exact) mass is 306 g/mol. The van der Waals surface area contributed by atoms with E-state index >= 15 is 0 Å². The number of benzene rings is 2. The second-order valence-corrected chi connectivity index (χ2v) is 5.43. The van der Waals surface area contributed by atoms with Gasteiger partial charge in [0.05, 0.1) is 16.6 Å². The summed E-state index contributed by atoms with van der Waals surface area (Å²) >= 11 is 0. The maximum atomic E-state index is 14.2. The lowest BCUT2D eigenvalue weighted by molar-refractivity contribution is 0.625. The van der Waals surface area contributed by atoms with Gasteiger partial charge in [-0.1, -0.05) is 31.2 Å². The summed E-state index contributed by atoms with van der Waals surface area (Å²) < 4.78 is 16.2. The molecule has 5 heteroatoms. The minimum absolute atomic E-state index is 0.287. The van der Waals surface area contributed by atoms with Crippen LogP contribution in [-0.2, 0) is 6.54 Å². The zero-order valence-electron chi connectivity index (χ0n) is 12.7. The number of hydrogen-bond acceptors (Lipinski definition) is 3. The van der Waals surface area contributed by atoms with Gasteiger partial charge < -0.3 is 4.57 Å². The van der Waals surface area contributed by atoms with Gasteiger partial charge in [-0.3, -0.25) is 0 Å². The first-order valence-corrected chi connectivity index (χ1v) is 7.66. The third kappa shape index (κ3) is 2.25. The average Bonchev–Trinajstić information content (AvgIpc) is 2.91. The second-order valence-electron chi connectivity index (χ2n) is 5.43. The third-order valence-corrected chi connectivity index (χ3v) is 3.82. The van der Waals surface area contributed by atoms with Crippen LogP contribution in [0.5, 0.6) is 0 Å². The van der Waals surface area contributed by atoms with E-state index in [0.29, 0.717) is 29.2 Å². The fourth-order valence-corrected chi connectivity index (χ4v) is 2.78. The smallest absolute Gasteiger partial charge is 0.198 e. The Bertz CT molecular complexity index is 1010. The molecule has 2 heterocycles.